The predicted octanol–water partition coefficient (Wildman–Crippen LogP) is 3.39. The highest BCUT2D eigenvalue weighted by Crippen LogP contribution is 2.19. The van der Waals surface area contributed by atoms with Crippen LogP contribution in [0.3, 0.4) is 0 Å². The van der Waals surface area contributed by atoms with Gasteiger partial charge < -0.3 is 14.8 Å². The Kier molecular flexibility index (Phi) is 7.14. The lowest BCUT2D eigenvalue weighted by Crippen LogP contribution is -2.20. The number of nitro benzene ring substituents is 1. The number of halogens is 2. The Morgan fingerprint density at radius 3 is 2.46 bits per heavy atom. The summed E-state index contributed by atoms with van der Waals surface area (Å²) >= 11 is 0. The average Bonchev–Trinajstić information content (AvgIpc) is 2.66. The smallest absolute Gasteiger partial charge is 0.387 e. The number of nitro groups is 1. The van der Waals surface area contributed by atoms with Gasteiger partial charge in [0, 0.05) is 17.8 Å². The van der Waals surface area contributed by atoms with E-state index >= 15 is 0 Å². The SMILES string of the molecule is O=C(COC(=O)C=Cc1ccccc1[N+](=O)[O-])Nc1ccc(OC(F)F)cc1. The zero-order valence-corrected chi connectivity index (χ0v) is 14.2. The van der Waals surface area contributed by atoms with Gasteiger partial charge in [-0.15, -0.1) is 0 Å². The third-order valence-corrected chi connectivity index (χ3v) is 3.24. The second kappa shape index (κ2) is 9.76. The first-order valence-corrected chi connectivity index (χ1v) is 7.78. The van der Waals surface area contributed by atoms with Crippen molar-refractivity contribution in [3.8, 4) is 5.75 Å². The van der Waals surface area contributed by atoms with Crippen LogP contribution >= 0.6 is 0 Å². The first-order chi connectivity index (χ1) is 13.3. The molecular formula is C18H14F2N2O6. The van der Waals surface area contributed by atoms with Gasteiger partial charge in [-0.1, -0.05) is 12.1 Å². The molecular weight excluding hydrogens is 378 g/mol. The number of anilines is 1. The molecule has 0 aliphatic rings. The summed E-state index contributed by atoms with van der Waals surface area (Å²) in [5, 5.41) is 13.3. The molecule has 0 atom stereocenters. The third-order valence-electron chi connectivity index (χ3n) is 3.24. The molecule has 28 heavy (non-hydrogen) atoms. The van der Waals surface area contributed by atoms with Crippen molar-refractivity contribution >= 4 is 29.3 Å². The second-order valence-corrected chi connectivity index (χ2v) is 5.21. The Labute approximate surface area is 157 Å². The monoisotopic (exact) mass is 392 g/mol. The fraction of sp³-hybridized carbons (Fsp3) is 0.111. The number of ether oxygens (including phenoxy) is 2. The molecule has 0 bridgehead atoms. The Hall–Kier alpha value is -3.82. The number of nitrogens with one attached hydrogen (secondary N) is 1. The number of rotatable bonds is 8. The molecule has 0 heterocycles. The Morgan fingerprint density at radius 2 is 1.82 bits per heavy atom. The van der Waals surface area contributed by atoms with E-state index in [1.54, 1.807) is 6.07 Å². The van der Waals surface area contributed by atoms with Crippen molar-refractivity contribution in [1.29, 1.82) is 0 Å². The van der Waals surface area contributed by atoms with Crippen LogP contribution in [-0.2, 0) is 14.3 Å². The number of benzene rings is 2. The van der Waals surface area contributed by atoms with Gasteiger partial charge in [0.25, 0.3) is 11.6 Å². The van der Waals surface area contributed by atoms with Gasteiger partial charge in [0.2, 0.25) is 0 Å². The Morgan fingerprint density at radius 1 is 1.14 bits per heavy atom. The molecule has 0 aliphatic carbocycles. The van der Waals surface area contributed by atoms with Gasteiger partial charge in [-0.3, -0.25) is 14.9 Å². The van der Waals surface area contributed by atoms with Gasteiger partial charge in [-0.05, 0) is 36.4 Å². The summed E-state index contributed by atoms with van der Waals surface area (Å²) in [5.74, 6) is -1.59. The molecule has 146 valence electrons. The molecule has 2 aromatic rings. The standard InChI is InChI=1S/C18H14F2N2O6/c19-18(20)28-14-8-6-13(7-9-14)21-16(23)11-27-17(24)10-5-12-3-1-2-4-15(12)22(25)26/h1-10,18H,11H2,(H,21,23). The lowest BCUT2D eigenvalue weighted by atomic mass is 10.1. The number of esters is 1. The van der Waals surface area contributed by atoms with E-state index in [-0.39, 0.29) is 22.7 Å². The van der Waals surface area contributed by atoms with Crippen LogP contribution in [0.25, 0.3) is 6.08 Å². The molecule has 1 N–H and O–H groups in total. The molecule has 0 radical (unpaired) electrons. The van der Waals surface area contributed by atoms with E-state index < -0.39 is 30.0 Å². The van der Waals surface area contributed by atoms with Gasteiger partial charge in [0.05, 0.1) is 10.5 Å². The Balaban J connectivity index is 1.84. The molecule has 10 heteroatoms. The van der Waals surface area contributed by atoms with Crippen molar-refractivity contribution in [2.45, 2.75) is 6.61 Å². The third kappa shape index (κ3) is 6.48. The molecule has 2 aromatic carbocycles. The summed E-state index contributed by atoms with van der Waals surface area (Å²) in [6, 6.07) is 11.0. The number of nitrogens with zero attached hydrogens (tertiary/aromatic N) is 1. The summed E-state index contributed by atoms with van der Waals surface area (Å²) in [7, 11) is 0. The topological polar surface area (TPSA) is 108 Å². The number of alkyl halides is 2. The maximum atomic E-state index is 12.1. The van der Waals surface area contributed by atoms with Crippen molar-refractivity contribution in [2.24, 2.45) is 0 Å². The van der Waals surface area contributed by atoms with Crippen molar-refractivity contribution in [3.63, 3.8) is 0 Å². The van der Waals surface area contributed by atoms with E-state index in [9.17, 15) is 28.5 Å². The zero-order valence-electron chi connectivity index (χ0n) is 14.2. The number of carbonyl (C=O) groups is 2. The molecule has 0 saturated carbocycles. The van der Waals surface area contributed by atoms with Crippen LogP contribution in [0.4, 0.5) is 20.2 Å². The number of para-hydroxylation sites is 1. The van der Waals surface area contributed by atoms with Crippen molar-refractivity contribution in [2.75, 3.05) is 11.9 Å². The molecule has 0 unspecified atom stereocenters. The highest BCUT2D eigenvalue weighted by atomic mass is 19.3. The second-order valence-electron chi connectivity index (χ2n) is 5.21. The van der Waals surface area contributed by atoms with Crippen LogP contribution in [0, 0.1) is 10.1 Å². The van der Waals surface area contributed by atoms with E-state index in [1.165, 1.54) is 48.5 Å². The van der Waals surface area contributed by atoms with Gasteiger partial charge in [-0.25, -0.2) is 4.79 Å². The van der Waals surface area contributed by atoms with Gasteiger partial charge in [-0.2, -0.15) is 8.78 Å². The van der Waals surface area contributed by atoms with Gasteiger partial charge in [0.15, 0.2) is 6.61 Å². The van der Waals surface area contributed by atoms with Crippen LogP contribution in [0.5, 0.6) is 5.75 Å². The number of carbonyl (C=O) groups excluding carboxylic acids is 2. The summed E-state index contributed by atoms with van der Waals surface area (Å²) in [4.78, 5) is 33.7. The quantitative estimate of drug-likeness (QED) is 0.319. The van der Waals surface area contributed by atoms with Crippen LogP contribution in [-0.4, -0.2) is 30.0 Å². The number of hydrogen-bond acceptors (Lipinski definition) is 6. The van der Waals surface area contributed by atoms with E-state index in [0.717, 1.165) is 6.08 Å². The highest BCUT2D eigenvalue weighted by molar-refractivity contribution is 5.94. The molecule has 2 rings (SSSR count). The maximum absolute atomic E-state index is 12.1. The molecule has 0 aliphatic heterocycles. The molecule has 8 nitrogen and oxygen atoms in total. The van der Waals surface area contributed by atoms with E-state index in [0.29, 0.717) is 0 Å². The van der Waals surface area contributed by atoms with Crippen LogP contribution in [0.2, 0.25) is 0 Å². The zero-order chi connectivity index (χ0) is 20.5. The maximum Gasteiger partial charge on any atom is 0.387 e. The molecule has 0 saturated heterocycles. The largest absolute Gasteiger partial charge is 0.452 e. The van der Waals surface area contributed by atoms with Crippen LogP contribution in [0.15, 0.2) is 54.6 Å². The molecule has 0 fully saturated rings. The fourth-order valence-electron chi connectivity index (χ4n) is 2.05. The predicted molar refractivity (Wildman–Crippen MR) is 94.8 cm³/mol. The first-order valence-electron chi connectivity index (χ1n) is 7.78. The average molecular weight is 392 g/mol. The lowest BCUT2D eigenvalue weighted by Gasteiger charge is -2.07. The number of hydrogen-bond donors (Lipinski definition) is 1. The van der Waals surface area contributed by atoms with E-state index in [1.807, 2.05) is 0 Å². The normalized spacial score (nSPS) is 10.7. The van der Waals surface area contributed by atoms with Crippen molar-refractivity contribution in [3.05, 3.63) is 70.3 Å². The first kappa shape index (κ1) is 20.5. The van der Waals surface area contributed by atoms with Gasteiger partial charge >= 0.3 is 12.6 Å². The minimum absolute atomic E-state index is 0.0698. The van der Waals surface area contributed by atoms with Gasteiger partial charge in [0.1, 0.15) is 5.75 Å². The lowest BCUT2D eigenvalue weighted by molar-refractivity contribution is -0.385. The van der Waals surface area contributed by atoms with Crippen LogP contribution in [0.1, 0.15) is 5.56 Å². The molecule has 1 amide bonds. The van der Waals surface area contributed by atoms with E-state index in [2.05, 4.69) is 10.1 Å². The summed E-state index contributed by atoms with van der Waals surface area (Å²) in [6.45, 7) is -3.56. The molecule has 0 aromatic heterocycles. The van der Waals surface area contributed by atoms with Crippen LogP contribution < -0.4 is 10.1 Å². The summed E-state index contributed by atoms with van der Waals surface area (Å²) in [5.41, 5.74) is 0.321. The highest BCUT2D eigenvalue weighted by Gasteiger charge is 2.11. The van der Waals surface area contributed by atoms with Crippen molar-refractivity contribution < 1.29 is 32.8 Å². The molecule has 0 spiro atoms. The minimum atomic E-state index is -2.95. The minimum Gasteiger partial charge on any atom is -0.452 e. The Bertz CT molecular complexity index is 884. The summed E-state index contributed by atoms with van der Waals surface area (Å²) < 4.78 is 33.0. The van der Waals surface area contributed by atoms with E-state index in [4.69, 9.17) is 4.74 Å². The summed E-state index contributed by atoms with van der Waals surface area (Å²) in [6.07, 6.45) is 2.17. The fourth-order valence-corrected chi connectivity index (χ4v) is 2.05. The van der Waals surface area contributed by atoms with Crippen molar-refractivity contribution in [1.82, 2.24) is 0 Å². The number of amides is 1.